The van der Waals surface area contributed by atoms with Crippen LogP contribution in [0.2, 0.25) is 0 Å². The normalized spacial score (nSPS) is 14.2. The van der Waals surface area contributed by atoms with Gasteiger partial charge in [-0.25, -0.2) is 4.98 Å². The Kier molecular flexibility index (Phi) is 5.78. The number of hydrogen-bond donors (Lipinski definition) is 0. The van der Waals surface area contributed by atoms with Crippen molar-refractivity contribution in [1.29, 1.82) is 0 Å². The number of rotatable bonds is 5. The van der Waals surface area contributed by atoms with Crippen LogP contribution in [-0.2, 0) is 0 Å². The highest BCUT2D eigenvalue weighted by molar-refractivity contribution is 5.95. The minimum atomic E-state index is -0.150. The van der Waals surface area contributed by atoms with Gasteiger partial charge < -0.3 is 14.5 Å². The van der Waals surface area contributed by atoms with Crippen LogP contribution in [0.25, 0.3) is 0 Å². The maximum Gasteiger partial charge on any atom is 0.274 e. The van der Waals surface area contributed by atoms with Crippen molar-refractivity contribution < 1.29 is 14.3 Å². The highest BCUT2D eigenvalue weighted by Gasteiger charge is 2.26. The number of aromatic nitrogens is 2. The fourth-order valence-corrected chi connectivity index (χ4v) is 2.78. The zero-order valence-corrected chi connectivity index (χ0v) is 14.8. The summed E-state index contributed by atoms with van der Waals surface area (Å²) in [5, 5.41) is 0. The summed E-state index contributed by atoms with van der Waals surface area (Å²) in [5.74, 6) is 0.587. The van der Waals surface area contributed by atoms with Gasteiger partial charge in [0.15, 0.2) is 0 Å². The lowest BCUT2D eigenvalue weighted by Gasteiger charge is -2.34. The number of piperazine rings is 1. The van der Waals surface area contributed by atoms with Crippen molar-refractivity contribution in [3.8, 4) is 5.75 Å². The standard InChI is InChI=1S/C19H22N4O3/c1-2-13-26-16-5-3-15(4-6-16)18(24)22-9-11-23(12-10-22)19(25)17-14-20-7-8-21-17/h3-8,14H,2,9-13H2,1H3. The van der Waals surface area contributed by atoms with Crippen LogP contribution in [0, 0.1) is 0 Å². The molecule has 2 heterocycles. The Balaban J connectivity index is 1.56. The van der Waals surface area contributed by atoms with Crippen LogP contribution in [-0.4, -0.2) is 64.4 Å². The first-order chi connectivity index (χ1) is 12.7. The number of nitrogens with zero attached hydrogens (tertiary/aromatic N) is 4. The lowest BCUT2D eigenvalue weighted by atomic mass is 10.1. The minimum absolute atomic E-state index is 0.0290. The summed E-state index contributed by atoms with van der Waals surface area (Å²) in [4.78, 5) is 36.4. The van der Waals surface area contributed by atoms with Gasteiger partial charge in [-0.15, -0.1) is 0 Å². The average Bonchev–Trinajstić information content (AvgIpc) is 2.72. The molecule has 0 spiro atoms. The molecule has 1 aliphatic rings. The fourth-order valence-electron chi connectivity index (χ4n) is 2.78. The molecule has 1 fully saturated rings. The van der Waals surface area contributed by atoms with Gasteiger partial charge >= 0.3 is 0 Å². The number of benzene rings is 1. The molecular formula is C19H22N4O3. The third-order valence-corrected chi connectivity index (χ3v) is 4.21. The van der Waals surface area contributed by atoms with Crippen LogP contribution in [0.15, 0.2) is 42.9 Å². The second kappa shape index (κ2) is 8.42. The Morgan fingerprint density at radius 2 is 1.65 bits per heavy atom. The van der Waals surface area contributed by atoms with E-state index in [1.54, 1.807) is 21.9 Å². The number of amides is 2. The van der Waals surface area contributed by atoms with Gasteiger partial charge in [0.2, 0.25) is 0 Å². The molecule has 1 aromatic carbocycles. The fraction of sp³-hybridized carbons (Fsp3) is 0.368. The van der Waals surface area contributed by atoms with Gasteiger partial charge in [0.05, 0.1) is 12.8 Å². The van der Waals surface area contributed by atoms with Gasteiger partial charge in [0.25, 0.3) is 11.8 Å². The maximum absolute atomic E-state index is 12.6. The van der Waals surface area contributed by atoms with Crippen molar-refractivity contribution in [2.24, 2.45) is 0 Å². The lowest BCUT2D eigenvalue weighted by Crippen LogP contribution is -2.50. The highest BCUT2D eigenvalue weighted by Crippen LogP contribution is 2.15. The van der Waals surface area contributed by atoms with Crippen LogP contribution in [0.3, 0.4) is 0 Å². The largest absolute Gasteiger partial charge is 0.494 e. The summed E-state index contributed by atoms with van der Waals surface area (Å²) >= 11 is 0. The Morgan fingerprint density at radius 3 is 2.23 bits per heavy atom. The molecule has 0 bridgehead atoms. The average molecular weight is 354 g/mol. The number of ether oxygens (including phenoxy) is 1. The molecule has 0 aliphatic carbocycles. The number of hydrogen-bond acceptors (Lipinski definition) is 5. The first kappa shape index (κ1) is 17.8. The van der Waals surface area contributed by atoms with Gasteiger partial charge in [-0.05, 0) is 30.7 Å². The zero-order valence-electron chi connectivity index (χ0n) is 14.8. The molecule has 1 aliphatic heterocycles. The predicted molar refractivity (Wildman–Crippen MR) is 96.1 cm³/mol. The van der Waals surface area contributed by atoms with E-state index in [-0.39, 0.29) is 11.8 Å². The number of carbonyl (C=O) groups excluding carboxylic acids is 2. The minimum Gasteiger partial charge on any atom is -0.494 e. The second-order valence-corrected chi connectivity index (χ2v) is 6.05. The Morgan fingerprint density at radius 1 is 1.00 bits per heavy atom. The van der Waals surface area contributed by atoms with E-state index in [4.69, 9.17) is 4.74 Å². The molecule has 0 atom stereocenters. The quantitative estimate of drug-likeness (QED) is 0.819. The van der Waals surface area contributed by atoms with E-state index in [1.165, 1.54) is 18.6 Å². The van der Waals surface area contributed by atoms with Crippen molar-refractivity contribution in [2.45, 2.75) is 13.3 Å². The molecule has 136 valence electrons. The lowest BCUT2D eigenvalue weighted by molar-refractivity contribution is 0.0532. The van der Waals surface area contributed by atoms with Crippen LogP contribution in [0.5, 0.6) is 5.75 Å². The van der Waals surface area contributed by atoms with E-state index in [2.05, 4.69) is 9.97 Å². The van der Waals surface area contributed by atoms with E-state index in [0.29, 0.717) is 44.0 Å². The number of carbonyl (C=O) groups is 2. The second-order valence-electron chi connectivity index (χ2n) is 6.05. The van der Waals surface area contributed by atoms with Crippen molar-refractivity contribution in [1.82, 2.24) is 19.8 Å². The van der Waals surface area contributed by atoms with E-state index in [9.17, 15) is 9.59 Å². The Bertz CT molecular complexity index is 741. The van der Waals surface area contributed by atoms with Gasteiger partial charge in [0.1, 0.15) is 11.4 Å². The zero-order chi connectivity index (χ0) is 18.4. The molecule has 3 rings (SSSR count). The SMILES string of the molecule is CCCOc1ccc(C(=O)N2CCN(C(=O)c3cnccn3)CC2)cc1. The van der Waals surface area contributed by atoms with Crippen molar-refractivity contribution in [3.63, 3.8) is 0 Å². The molecule has 0 N–H and O–H groups in total. The van der Waals surface area contributed by atoms with Gasteiger partial charge in [-0.2, -0.15) is 0 Å². The summed E-state index contributed by atoms with van der Waals surface area (Å²) in [6, 6.07) is 7.20. The smallest absolute Gasteiger partial charge is 0.274 e. The van der Waals surface area contributed by atoms with Gasteiger partial charge in [-0.3, -0.25) is 14.6 Å². The summed E-state index contributed by atoms with van der Waals surface area (Å²) < 4.78 is 5.54. The van der Waals surface area contributed by atoms with E-state index in [1.807, 2.05) is 19.1 Å². The molecule has 7 nitrogen and oxygen atoms in total. The molecule has 0 radical (unpaired) electrons. The van der Waals surface area contributed by atoms with E-state index in [0.717, 1.165) is 12.2 Å². The van der Waals surface area contributed by atoms with Crippen molar-refractivity contribution >= 4 is 11.8 Å². The summed E-state index contributed by atoms with van der Waals surface area (Å²) in [6.07, 6.45) is 5.44. The third-order valence-electron chi connectivity index (χ3n) is 4.21. The maximum atomic E-state index is 12.6. The molecule has 2 amide bonds. The van der Waals surface area contributed by atoms with Crippen LogP contribution < -0.4 is 4.74 Å². The molecule has 26 heavy (non-hydrogen) atoms. The van der Waals surface area contributed by atoms with E-state index < -0.39 is 0 Å². The first-order valence-corrected chi connectivity index (χ1v) is 8.76. The summed E-state index contributed by atoms with van der Waals surface area (Å²) in [5.41, 5.74) is 0.956. The molecule has 7 heteroatoms. The predicted octanol–water partition coefficient (Wildman–Crippen LogP) is 1.86. The van der Waals surface area contributed by atoms with Crippen molar-refractivity contribution in [2.75, 3.05) is 32.8 Å². The molecule has 1 aromatic heterocycles. The van der Waals surface area contributed by atoms with Gasteiger partial charge in [0, 0.05) is 44.1 Å². The van der Waals surface area contributed by atoms with Crippen LogP contribution in [0.4, 0.5) is 0 Å². The molecule has 1 saturated heterocycles. The molecule has 2 aromatic rings. The Hall–Kier alpha value is -2.96. The molecule has 0 unspecified atom stereocenters. The topological polar surface area (TPSA) is 75.6 Å². The van der Waals surface area contributed by atoms with E-state index >= 15 is 0 Å². The molecule has 0 saturated carbocycles. The first-order valence-electron chi connectivity index (χ1n) is 8.76. The summed E-state index contributed by atoms with van der Waals surface area (Å²) in [7, 11) is 0. The third kappa shape index (κ3) is 4.17. The van der Waals surface area contributed by atoms with Crippen LogP contribution in [0.1, 0.15) is 34.2 Å². The highest BCUT2D eigenvalue weighted by atomic mass is 16.5. The van der Waals surface area contributed by atoms with Gasteiger partial charge in [-0.1, -0.05) is 6.92 Å². The summed E-state index contributed by atoms with van der Waals surface area (Å²) in [6.45, 7) is 4.68. The Labute approximate surface area is 152 Å². The monoisotopic (exact) mass is 354 g/mol. The van der Waals surface area contributed by atoms with Crippen LogP contribution >= 0.6 is 0 Å². The van der Waals surface area contributed by atoms with Crippen molar-refractivity contribution in [3.05, 3.63) is 54.1 Å². The molecular weight excluding hydrogens is 332 g/mol.